The number of halogens is 3. The summed E-state index contributed by atoms with van der Waals surface area (Å²) in [5.74, 6) is 1.01. The Morgan fingerprint density at radius 3 is 2.62 bits per heavy atom. The van der Waals surface area contributed by atoms with Gasteiger partial charge < -0.3 is 15.8 Å². The van der Waals surface area contributed by atoms with Crippen LogP contribution in [0.2, 0.25) is 0 Å². The topological polar surface area (TPSA) is 59.6 Å². The normalized spacial score (nSPS) is 11.4. The van der Waals surface area contributed by atoms with Crippen molar-refractivity contribution in [1.82, 2.24) is 5.32 Å². The molecule has 0 aliphatic carbocycles. The predicted molar refractivity (Wildman–Crippen MR) is 91.3 cm³/mol. The Hall–Kier alpha value is -1.12. The molecule has 120 valence electrons. The average molecular weight is 413 g/mol. The van der Waals surface area contributed by atoms with Crippen LogP contribution >= 0.6 is 24.0 Å². The Bertz CT molecular complexity index is 442. The van der Waals surface area contributed by atoms with Gasteiger partial charge >= 0.3 is 6.61 Å². The van der Waals surface area contributed by atoms with Crippen molar-refractivity contribution in [3.8, 4) is 5.75 Å². The molecule has 7 heteroatoms. The third kappa shape index (κ3) is 8.69. The number of guanidine groups is 1. The maximum atomic E-state index is 12.2. The van der Waals surface area contributed by atoms with Crippen LogP contribution in [0.25, 0.3) is 0 Å². The van der Waals surface area contributed by atoms with E-state index in [-0.39, 0.29) is 36.3 Å². The van der Waals surface area contributed by atoms with Gasteiger partial charge in [-0.3, -0.25) is 0 Å². The number of rotatable bonds is 7. The summed E-state index contributed by atoms with van der Waals surface area (Å²) < 4.78 is 28.9. The second kappa shape index (κ2) is 10.6. The molecule has 0 bridgehead atoms. The van der Waals surface area contributed by atoms with E-state index >= 15 is 0 Å². The largest absolute Gasteiger partial charge is 0.434 e. The van der Waals surface area contributed by atoms with Crippen molar-refractivity contribution in [1.29, 1.82) is 0 Å². The van der Waals surface area contributed by atoms with E-state index in [0.717, 1.165) is 13.0 Å². The maximum Gasteiger partial charge on any atom is 0.387 e. The molecular weight excluding hydrogens is 391 g/mol. The SMILES string of the molecule is CC(C)CCNC(N)=NCc1ccccc1OC(F)F.I. The van der Waals surface area contributed by atoms with Gasteiger partial charge in [-0.05, 0) is 18.4 Å². The Kier molecular flexibility index (Phi) is 10.0. The first-order valence-corrected chi connectivity index (χ1v) is 6.55. The summed E-state index contributed by atoms with van der Waals surface area (Å²) in [6.45, 7) is 2.33. The summed E-state index contributed by atoms with van der Waals surface area (Å²) in [7, 11) is 0. The first-order valence-electron chi connectivity index (χ1n) is 6.55. The summed E-state index contributed by atoms with van der Waals surface area (Å²) in [4.78, 5) is 4.12. The first kappa shape index (κ1) is 19.9. The van der Waals surface area contributed by atoms with Crippen molar-refractivity contribution in [3.63, 3.8) is 0 Å². The fourth-order valence-electron chi connectivity index (χ4n) is 1.56. The Balaban J connectivity index is 0.00000400. The maximum absolute atomic E-state index is 12.2. The fourth-order valence-corrected chi connectivity index (χ4v) is 1.56. The number of hydrogen-bond acceptors (Lipinski definition) is 2. The minimum atomic E-state index is -2.85. The van der Waals surface area contributed by atoms with Crippen LogP contribution in [0.1, 0.15) is 25.8 Å². The van der Waals surface area contributed by atoms with Crippen molar-refractivity contribution >= 4 is 29.9 Å². The first-order chi connectivity index (χ1) is 9.49. The highest BCUT2D eigenvalue weighted by atomic mass is 127. The molecule has 0 saturated heterocycles. The standard InChI is InChI=1S/C14H21F2N3O.HI/c1-10(2)7-8-18-14(17)19-9-11-5-3-4-6-12(11)20-13(15)16;/h3-6,10,13H,7-9H2,1-2H3,(H3,17,18,19);1H. The van der Waals surface area contributed by atoms with Crippen molar-refractivity contribution < 1.29 is 13.5 Å². The van der Waals surface area contributed by atoms with Gasteiger partial charge in [0.1, 0.15) is 5.75 Å². The number of nitrogens with one attached hydrogen (secondary N) is 1. The Labute approximate surface area is 141 Å². The number of alkyl halides is 2. The lowest BCUT2D eigenvalue weighted by Crippen LogP contribution is -2.32. The Morgan fingerprint density at radius 2 is 2.00 bits per heavy atom. The molecule has 0 atom stereocenters. The molecule has 1 aromatic rings. The number of para-hydroxylation sites is 1. The lowest BCUT2D eigenvalue weighted by molar-refractivity contribution is -0.0504. The molecule has 21 heavy (non-hydrogen) atoms. The van der Waals surface area contributed by atoms with E-state index in [1.54, 1.807) is 18.2 Å². The molecule has 0 aliphatic rings. The minimum Gasteiger partial charge on any atom is -0.434 e. The number of nitrogens with zero attached hydrogens (tertiary/aromatic N) is 1. The smallest absolute Gasteiger partial charge is 0.387 e. The van der Waals surface area contributed by atoms with Crippen LogP contribution in [-0.4, -0.2) is 19.1 Å². The van der Waals surface area contributed by atoms with Crippen LogP contribution in [0, 0.1) is 5.92 Å². The molecule has 0 radical (unpaired) electrons. The van der Waals surface area contributed by atoms with Crippen LogP contribution < -0.4 is 15.8 Å². The zero-order chi connectivity index (χ0) is 15.0. The molecule has 0 unspecified atom stereocenters. The lowest BCUT2D eigenvalue weighted by atomic mass is 10.1. The number of hydrogen-bond donors (Lipinski definition) is 2. The molecule has 0 amide bonds. The van der Waals surface area contributed by atoms with E-state index in [2.05, 4.69) is 28.9 Å². The van der Waals surface area contributed by atoms with E-state index in [1.807, 2.05) is 0 Å². The van der Waals surface area contributed by atoms with Crippen molar-refractivity contribution in [3.05, 3.63) is 29.8 Å². The third-order valence-electron chi connectivity index (χ3n) is 2.64. The molecule has 0 heterocycles. The molecule has 0 saturated carbocycles. The third-order valence-corrected chi connectivity index (χ3v) is 2.64. The summed E-state index contributed by atoms with van der Waals surface area (Å²) >= 11 is 0. The van der Waals surface area contributed by atoms with Crippen molar-refractivity contribution in [2.75, 3.05) is 6.54 Å². The van der Waals surface area contributed by atoms with Crippen molar-refractivity contribution in [2.45, 2.75) is 33.4 Å². The molecule has 0 spiro atoms. The highest BCUT2D eigenvalue weighted by molar-refractivity contribution is 14.0. The molecule has 0 aliphatic heterocycles. The zero-order valence-electron chi connectivity index (χ0n) is 12.2. The van der Waals surface area contributed by atoms with Gasteiger partial charge in [-0.1, -0.05) is 32.0 Å². The highest BCUT2D eigenvalue weighted by Gasteiger charge is 2.08. The number of benzene rings is 1. The van der Waals surface area contributed by atoms with Gasteiger partial charge in [0, 0.05) is 12.1 Å². The van der Waals surface area contributed by atoms with Crippen molar-refractivity contribution in [2.24, 2.45) is 16.6 Å². The molecule has 0 aromatic heterocycles. The van der Waals surface area contributed by atoms with Gasteiger partial charge in [0.05, 0.1) is 6.54 Å². The van der Waals surface area contributed by atoms with E-state index in [4.69, 9.17) is 5.73 Å². The zero-order valence-corrected chi connectivity index (χ0v) is 14.5. The van der Waals surface area contributed by atoms with Crippen LogP contribution in [-0.2, 0) is 6.54 Å². The predicted octanol–water partition coefficient (Wildman–Crippen LogP) is 3.36. The van der Waals surface area contributed by atoms with E-state index in [1.165, 1.54) is 6.07 Å². The lowest BCUT2D eigenvalue weighted by Gasteiger charge is -2.10. The number of ether oxygens (including phenoxy) is 1. The fraction of sp³-hybridized carbons (Fsp3) is 0.500. The van der Waals surface area contributed by atoms with Crippen LogP contribution in [0.4, 0.5) is 8.78 Å². The second-order valence-electron chi connectivity index (χ2n) is 4.80. The highest BCUT2D eigenvalue weighted by Crippen LogP contribution is 2.20. The van der Waals surface area contributed by atoms with Crippen LogP contribution in [0.3, 0.4) is 0 Å². The van der Waals surface area contributed by atoms with Gasteiger partial charge in [0.2, 0.25) is 0 Å². The van der Waals surface area contributed by atoms with E-state index in [9.17, 15) is 8.78 Å². The molecule has 0 fully saturated rings. The van der Waals surface area contributed by atoms with Crippen LogP contribution in [0.5, 0.6) is 5.75 Å². The van der Waals surface area contributed by atoms with E-state index in [0.29, 0.717) is 17.4 Å². The van der Waals surface area contributed by atoms with Gasteiger partial charge in [-0.15, -0.1) is 24.0 Å². The average Bonchev–Trinajstić information content (AvgIpc) is 2.36. The van der Waals surface area contributed by atoms with Gasteiger partial charge in [0.15, 0.2) is 5.96 Å². The van der Waals surface area contributed by atoms with Gasteiger partial charge in [0.25, 0.3) is 0 Å². The Morgan fingerprint density at radius 1 is 1.33 bits per heavy atom. The molecular formula is C14H22F2IN3O. The van der Waals surface area contributed by atoms with Gasteiger partial charge in [-0.25, -0.2) is 4.99 Å². The number of aliphatic imine (C=N–C) groups is 1. The summed E-state index contributed by atoms with van der Waals surface area (Å²) in [5, 5.41) is 2.98. The molecule has 1 rings (SSSR count). The monoisotopic (exact) mass is 413 g/mol. The number of nitrogens with two attached hydrogens (primary N) is 1. The summed E-state index contributed by atoms with van der Waals surface area (Å²) in [6, 6.07) is 6.54. The second-order valence-corrected chi connectivity index (χ2v) is 4.80. The van der Waals surface area contributed by atoms with Crippen LogP contribution in [0.15, 0.2) is 29.3 Å². The van der Waals surface area contributed by atoms with E-state index < -0.39 is 6.61 Å². The summed E-state index contributed by atoms with van der Waals surface area (Å²) in [6.07, 6.45) is 0.987. The molecule has 4 nitrogen and oxygen atoms in total. The quantitative estimate of drug-likeness (QED) is 0.410. The minimum absolute atomic E-state index is 0. The summed E-state index contributed by atoms with van der Waals surface area (Å²) in [5.41, 5.74) is 6.28. The molecule has 1 aromatic carbocycles. The molecule has 3 N–H and O–H groups in total. The van der Waals surface area contributed by atoms with Gasteiger partial charge in [-0.2, -0.15) is 8.78 Å².